The van der Waals surface area contributed by atoms with E-state index < -0.39 is 28.5 Å². The largest absolute Gasteiger partial charge is 0.352 e. The maximum absolute atomic E-state index is 13.9. The lowest BCUT2D eigenvalue weighted by atomic mass is 10.1. The van der Waals surface area contributed by atoms with E-state index in [-0.39, 0.29) is 39.1 Å². The van der Waals surface area contributed by atoms with Gasteiger partial charge in [-0.2, -0.15) is 0 Å². The maximum Gasteiger partial charge on any atom is 0.264 e. The molecule has 0 heterocycles. The van der Waals surface area contributed by atoms with Crippen LogP contribution in [0.4, 0.5) is 5.69 Å². The number of nitrogens with zero attached hydrogens (tertiary/aromatic N) is 2. The van der Waals surface area contributed by atoms with Gasteiger partial charge in [0.2, 0.25) is 11.8 Å². The molecule has 2 amide bonds. The van der Waals surface area contributed by atoms with Crippen molar-refractivity contribution in [3.8, 4) is 0 Å². The minimum atomic E-state index is -4.22. The minimum absolute atomic E-state index is 0.00249. The van der Waals surface area contributed by atoms with Crippen LogP contribution in [0.25, 0.3) is 0 Å². The fourth-order valence-electron chi connectivity index (χ4n) is 3.91. The van der Waals surface area contributed by atoms with Gasteiger partial charge in [-0.3, -0.25) is 13.9 Å². The number of nitrogens with one attached hydrogen (secondary N) is 1. The zero-order chi connectivity index (χ0) is 28.0. The van der Waals surface area contributed by atoms with Gasteiger partial charge in [0, 0.05) is 12.6 Å². The number of benzene rings is 3. The highest BCUT2D eigenvalue weighted by atomic mass is 35.5. The number of hydrogen-bond donors (Lipinski definition) is 1. The van der Waals surface area contributed by atoms with E-state index in [1.165, 1.54) is 29.2 Å². The summed E-state index contributed by atoms with van der Waals surface area (Å²) in [7, 11) is -4.22. The van der Waals surface area contributed by atoms with Crippen molar-refractivity contribution in [1.29, 1.82) is 0 Å². The van der Waals surface area contributed by atoms with E-state index in [2.05, 4.69) is 5.32 Å². The third-order valence-electron chi connectivity index (χ3n) is 5.84. The van der Waals surface area contributed by atoms with Crippen LogP contribution >= 0.6 is 23.2 Å². The summed E-state index contributed by atoms with van der Waals surface area (Å²) in [6.07, 6.45) is 0. The highest BCUT2D eigenvalue weighted by Crippen LogP contribution is 2.35. The van der Waals surface area contributed by atoms with Gasteiger partial charge in [0.05, 0.1) is 20.6 Å². The van der Waals surface area contributed by atoms with Crippen LogP contribution in [0.3, 0.4) is 0 Å². The van der Waals surface area contributed by atoms with Crippen LogP contribution in [0.1, 0.15) is 31.9 Å². The third-order valence-corrected chi connectivity index (χ3v) is 8.43. The van der Waals surface area contributed by atoms with Crippen LogP contribution < -0.4 is 9.62 Å². The molecule has 0 bridgehead atoms. The Hall–Kier alpha value is -3.07. The van der Waals surface area contributed by atoms with Crippen LogP contribution in [0.15, 0.2) is 77.7 Å². The van der Waals surface area contributed by atoms with Crippen molar-refractivity contribution in [2.45, 2.75) is 51.2 Å². The molecule has 1 N–H and O–H groups in total. The quantitative estimate of drug-likeness (QED) is 0.348. The number of hydrogen-bond acceptors (Lipinski definition) is 4. The summed E-state index contributed by atoms with van der Waals surface area (Å²) in [5.74, 6) is -0.923. The van der Waals surface area contributed by atoms with E-state index in [0.717, 1.165) is 15.4 Å². The van der Waals surface area contributed by atoms with Gasteiger partial charge in [0.25, 0.3) is 10.0 Å². The predicted molar refractivity (Wildman–Crippen MR) is 152 cm³/mol. The van der Waals surface area contributed by atoms with Gasteiger partial charge in [0.1, 0.15) is 12.6 Å². The summed E-state index contributed by atoms with van der Waals surface area (Å²) in [5.41, 5.74) is 1.86. The van der Waals surface area contributed by atoms with E-state index in [9.17, 15) is 18.0 Å². The Morgan fingerprint density at radius 3 is 2.21 bits per heavy atom. The number of anilines is 1. The highest BCUT2D eigenvalue weighted by Gasteiger charge is 2.33. The van der Waals surface area contributed by atoms with E-state index >= 15 is 0 Å². The molecule has 3 aromatic rings. The summed E-state index contributed by atoms with van der Waals surface area (Å²) < 4.78 is 28.5. The lowest BCUT2D eigenvalue weighted by molar-refractivity contribution is -0.139. The Labute approximate surface area is 234 Å². The van der Waals surface area contributed by atoms with E-state index in [1.54, 1.807) is 31.2 Å². The molecular weight excluding hydrogens is 545 g/mol. The second kappa shape index (κ2) is 12.7. The number of halogens is 2. The second-order valence-corrected chi connectivity index (χ2v) is 11.9. The second-order valence-electron chi connectivity index (χ2n) is 9.25. The minimum Gasteiger partial charge on any atom is -0.352 e. The number of aryl methyl sites for hydroxylation is 1. The number of carbonyl (C=O) groups is 2. The van der Waals surface area contributed by atoms with Gasteiger partial charge >= 0.3 is 0 Å². The molecular formula is C28H31Cl2N3O4S. The van der Waals surface area contributed by atoms with Gasteiger partial charge < -0.3 is 10.2 Å². The van der Waals surface area contributed by atoms with Gasteiger partial charge in [0.15, 0.2) is 0 Å². The number of rotatable bonds is 10. The molecule has 0 saturated carbocycles. The number of amides is 2. The number of sulfonamides is 1. The van der Waals surface area contributed by atoms with Crippen molar-refractivity contribution in [3.05, 3.63) is 94.0 Å². The molecule has 3 rings (SSSR count). The van der Waals surface area contributed by atoms with Crippen molar-refractivity contribution >= 4 is 50.7 Å². The predicted octanol–water partition coefficient (Wildman–Crippen LogP) is 5.44. The lowest BCUT2D eigenvalue weighted by Gasteiger charge is -2.32. The van der Waals surface area contributed by atoms with Crippen molar-refractivity contribution in [2.75, 3.05) is 10.8 Å². The standard InChI is InChI=1S/C28H31Cl2N3O4S/c1-19(2)31-28(35)21(4)32(17-22-11-8-10-20(3)16-22)26(34)18-33(25-15-9-14-24(29)27(25)30)38(36,37)23-12-6-5-7-13-23/h5-16,19,21H,17-18H2,1-4H3,(H,31,35). The first kappa shape index (κ1) is 29.5. The number of carbonyl (C=O) groups excluding carboxylic acids is 2. The average Bonchev–Trinajstić information content (AvgIpc) is 2.87. The molecule has 38 heavy (non-hydrogen) atoms. The van der Waals surface area contributed by atoms with Gasteiger partial charge in [-0.25, -0.2) is 8.42 Å². The maximum atomic E-state index is 13.9. The molecule has 0 aliphatic rings. The van der Waals surface area contributed by atoms with Crippen LogP contribution in [-0.2, 0) is 26.2 Å². The van der Waals surface area contributed by atoms with E-state index in [0.29, 0.717) is 0 Å². The molecule has 0 fully saturated rings. The van der Waals surface area contributed by atoms with E-state index in [4.69, 9.17) is 23.2 Å². The Morgan fingerprint density at radius 1 is 0.921 bits per heavy atom. The molecule has 202 valence electrons. The molecule has 0 spiro atoms. The molecule has 0 aliphatic carbocycles. The van der Waals surface area contributed by atoms with Crippen LogP contribution in [0.2, 0.25) is 10.0 Å². The van der Waals surface area contributed by atoms with Crippen molar-refractivity contribution in [1.82, 2.24) is 10.2 Å². The average molecular weight is 577 g/mol. The molecule has 0 radical (unpaired) electrons. The smallest absolute Gasteiger partial charge is 0.264 e. The van der Waals surface area contributed by atoms with Gasteiger partial charge in [-0.1, -0.05) is 77.3 Å². The molecule has 0 aromatic heterocycles. The van der Waals surface area contributed by atoms with Crippen LogP contribution in [-0.4, -0.2) is 43.8 Å². The first-order valence-corrected chi connectivity index (χ1v) is 14.3. The van der Waals surface area contributed by atoms with Crippen molar-refractivity contribution < 1.29 is 18.0 Å². The summed E-state index contributed by atoms with van der Waals surface area (Å²) >= 11 is 12.6. The zero-order valence-electron chi connectivity index (χ0n) is 21.7. The Balaban J connectivity index is 2.07. The third kappa shape index (κ3) is 7.07. The Kier molecular flexibility index (Phi) is 9.82. The van der Waals surface area contributed by atoms with Gasteiger partial charge in [-0.15, -0.1) is 0 Å². The molecule has 3 aromatic carbocycles. The Morgan fingerprint density at radius 2 is 1.58 bits per heavy atom. The SMILES string of the molecule is Cc1cccc(CN(C(=O)CN(c2cccc(Cl)c2Cl)S(=O)(=O)c2ccccc2)C(C)C(=O)NC(C)C)c1. The van der Waals surface area contributed by atoms with Crippen LogP contribution in [0.5, 0.6) is 0 Å². The fourth-order valence-corrected chi connectivity index (χ4v) is 5.81. The molecule has 10 heteroatoms. The first-order chi connectivity index (χ1) is 17.9. The molecule has 1 unspecified atom stereocenters. The zero-order valence-corrected chi connectivity index (χ0v) is 24.0. The summed E-state index contributed by atoms with van der Waals surface area (Å²) in [4.78, 5) is 28.2. The molecule has 0 aliphatic heterocycles. The van der Waals surface area contributed by atoms with Gasteiger partial charge in [-0.05, 0) is 57.5 Å². The Bertz CT molecular complexity index is 1400. The summed E-state index contributed by atoms with van der Waals surface area (Å²) in [6, 6.07) is 18.9. The topological polar surface area (TPSA) is 86.8 Å². The molecule has 7 nitrogen and oxygen atoms in total. The monoisotopic (exact) mass is 575 g/mol. The lowest BCUT2D eigenvalue weighted by Crippen LogP contribution is -2.52. The fraction of sp³-hybridized carbons (Fsp3) is 0.286. The molecule has 1 atom stereocenters. The first-order valence-electron chi connectivity index (χ1n) is 12.1. The van der Waals surface area contributed by atoms with Crippen molar-refractivity contribution in [2.24, 2.45) is 0 Å². The normalized spacial score (nSPS) is 12.2. The summed E-state index contributed by atoms with van der Waals surface area (Å²) in [5, 5.41) is 2.97. The van der Waals surface area contributed by atoms with E-state index in [1.807, 2.05) is 45.0 Å². The summed E-state index contributed by atoms with van der Waals surface area (Å²) in [6.45, 7) is 6.71. The van der Waals surface area contributed by atoms with Crippen LogP contribution in [0, 0.1) is 6.92 Å². The highest BCUT2D eigenvalue weighted by molar-refractivity contribution is 7.92. The van der Waals surface area contributed by atoms with Crippen molar-refractivity contribution in [3.63, 3.8) is 0 Å². The molecule has 0 saturated heterocycles.